The van der Waals surface area contributed by atoms with Gasteiger partial charge in [-0.25, -0.2) is 8.42 Å². The molecule has 2 aromatic rings. The zero-order valence-corrected chi connectivity index (χ0v) is 19.4. The molecule has 0 aliphatic carbocycles. The third-order valence-corrected chi connectivity index (χ3v) is 7.27. The van der Waals surface area contributed by atoms with E-state index in [2.05, 4.69) is 0 Å². The Morgan fingerprint density at radius 1 is 1.16 bits per heavy atom. The summed E-state index contributed by atoms with van der Waals surface area (Å²) in [4.78, 5) is 14.7. The lowest BCUT2D eigenvalue weighted by molar-refractivity contribution is 0.0697. The number of nitrogens with zero attached hydrogens (tertiary/aromatic N) is 3. The molecule has 2 aromatic carbocycles. The molecule has 1 heterocycles. The minimum Gasteiger partial charge on any atom is -0.493 e. The van der Waals surface area contributed by atoms with E-state index in [9.17, 15) is 13.2 Å². The fraction of sp³-hybridized carbons (Fsp3) is 0.364. The van der Waals surface area contributed by atoms with E-state index in [1.807, 2.05) is 13.0 Å². The average Bonchev–Trinajstić information content (AvgIpc) is 2.82. The average molecular weight is 478 g/mol. The molecule has 0 bridgehead atoms. The van der Waals surface area contributed by atoms with Crippen LogP contribution in [0.4, 0.5) is 0 Å². The highest BCUT2D eigenvalue weighted by Gasteiger charge is 2.31. The van der Waals surface area contributed by atoms with Crippen molar-refractivity contribution in [2.75, 3.05) is 39.9 Å². The number of carbonyl (C=O) groups excluding carboxylic acids is 1. The monoisotopic (exact) mass is 477 g/mol. The van der Waals surface area contributed by atoms with Crippen LogP contribution in [-0.4, -0.2) is 63.4 Å². The summed E-state index contributed by atoms with van der Waals surface area (Å²) in [6, 6.07) is 10.9. The molecule has 1 aliphatic rings. The van der Waals surface area contributed by atoms with Crippen molar-refractivity contribution in [3.8, 4) is 17.6 Å². The van der Waals surface area contributed by atoms with Gasteiger partial charge in [-0.2, -0.15) is 9.57 Å². The van der Waals surface area contributed by atoms with E-state index in [4.69, 9.17) is 26.3 Å². The number of benzene rings is 2. The molecule has 10 heteroatoms. The second-order valence-electron chi connectivity index (χ2n) is 7.17. The van der Waals surface area contributed by atoms with Gasteiger partial charge < -0.3 is 14.4 Å². The fourth-order valence-electron chi connectivity index (χ4n) is 3.35. The smallest absolute Gasteiger partial charge is 0.254 e. The minimum absolute atomic E-state index is 0.121. The molecular weight excluding hydrogens is 454 g/mol. The molecule has 8 nitrogen and oxygen atoms in total. The lowest BCUT2D eigenvalue weighted by atomic mass is 10.1. The van der Waals surface area contributed by atoms with Crippen LogP contribution in [0.15, 0.2) is 41.3 Å². The molecule has 0 aromatic heterocycles. The van der Waals surface area contributed by atoms with E-state index in [-0.39, 0.29) is 42.0 Å². The van der Waals surface area contributed by atoms with E-state index in [0.29, 0.717) is 29.2 Å². The first-order valence-corrected chi connectivity index (χ1v) is 11.9. The van der Waals surface area contributed by atoms with Crippen LogP contribution in [0.1, 0.15) is 29.3 Å². The molecule has 3 rings (SSSR count). The Morgan fingerprint density at radius 2 is 1.81 bits per heavy atom. The van der Waals surface area contributed by atoms with Gasteiger partial charge in [0.05, 0.1) is 35.3 Å². The van der Waals surface area contributed by atoms with E-state index >= 15 is 0 Å². The molecule has 0 saturated carbocycles. The van der Waals surface area contributed by atoms with Crippen molar-refractivity contribution >= 4 is 27.5 Å². The van der Waals surface area contributed by atoms with Gasteiger partial charge in [0.1, 0.15) is 0 Å². The number of halogens is 1. The van der Waals surface area contributed by atoms with Gasteiger partial charge >= 0.3 is 0 Å². The zero-order valence-electron chi connectivity index (χ0n) is 17.9. The lowest BCUT2D eigenvalue weighted by Gasteiger charge is -2.34. The second-order valence-corrected chi connectivity index (χ2v) is 9.52. The predicted octanol–water partition coefficient (Wildman–Crippen LogP) is 3.16. The number of hydrogen-bond donors (Lipinski definition) is 0. The highest BCUT2D eigenvalue weighted by molar-refractivity contribution is 7.89. The molecule has 0 unspecified atom stereocenters. The van der Waals surface area contributed by atoms with Gasteiger partial charge in [-0.15, -0.1) is 0 Å². The largest absolute Gasteiger partial charge is 0.493 e. The van der Waals surface area contributed by atoms with Gasteiger partial charge in [-0.1, -0.05) is 18.5 Å². The van der Waals surface area contributed by atoms with Crippen LogP contribution in [0.25, 0.3) is 0 Å². The number of hydrogen-bond acceptors (Lipinski definition) is 6. The molecule has 0 atom stereocenters. The number of carbonyl (C=O) groups is 1. The molecule has 32 heavy (non-hydrogen) atoms. The van der Waals surface area contributed by atoms with E-state index in [0.717, 1.165) is 6.42 Å². The predicted molar refractivity (Wildman–Crippen MR) is 120 cm³/mol. The second kappa shape index (κ2) is 10.2. The summed E-state index contributed by atoms with van der Waals surface area (Å²) in [5.41, 5.74) is 0.735. The Bertz CT molecular complexity index is 1120. The maximum atomic E-state index is 13.0. The quantitative estimate of drug-likeness (QED) is 0.607. The van der Waals surface area contributed by atoms with Crippen molar-refractivity contribution in [1.82, 2.24) is 9.21 Å². The number of amides is 1. The first kappa shape index (κ1) is 23.9. The molecule has 0 radical (unpaired) electrons. The first-order valence-electron chi connectivity index (χ1n) is 10.1. The van der Waals surface area contributed by atoms with Gasteiger partial charge in [0.25, 0.3) is 5.91 Å². The minimum atomic E-state index is -3.70. The van der Waals surface area contributed by atoms with Gasteiger partial charge in [-0.05, 0) is 42.8 Å². The Balaban J connectivity index is 1.71. The summed E-state index contributed by atoms with van der Waals surface area (Å²) in [7, 11) is -2.23. The molecular formula is C22H24ClN3O5S. The highest BCUT2D eigenvalue weighted by Crippen LogP contribution is 2.37. The van der Waals surface area contributed by atoms with Crippen molar-refractivity contribution in [1.29, 1.82) is 5.26 Å². The number of methoxy groups -OCH3 is 1. The summed E-state index contributed by atoms with van der Waals surface area (Å²) in [5, 5.41) is 9.17. The molecule has 1 amide bonds. The molecule has 0 spiro atoms. The third kappa shape index (κ3) is 4.99. The number of piperazine rings is 1. The standard InChI is InChI=1S/C22H24ClN3O5S/c1-3-12-31-21-19(23)13-17(14-20(21)30-2)22(27)25-8-10-26(11-9-25)32(28,29)18-6-4-16(15-24)5-7-18/h4-7,13-14H,3,8-12H2,1-2H3. The van der Waals surface area contributed by atoms with Crippen LogP contribution in [0.2, 0.25) is 5.02 Å². The number of rotatable bonds is 7. The molecule has 170 valence electrons. The van der Waals surface area contributed by atoms with Gasteiger partial charge in [0, 0.05) is 31.7 Å². The topological polar surface area (TPSA) is 99.9 Å². The highest BCUT2D eigenvalue weighted by atomic mass is 35.5. The van der Waals surface area contributed by atoms with Gasteiger partial charge in [-0.3, -0.25) is 4.79 Å². The number of ether oxygens (including phenoxy) is 2. The normalized spacial score (nSPS) is 14.6. The molecule has 1 aliphatic heterocycles. The Kier molecular flexibility index (Phi) is 7.61. The van der Waals surface area contributed by atoms with Crippen LogP contribution < -0.4 is 9.47 Å². The summed E-state index contributed by atoms with van der Waals surface area (Å²) < 4.78 is 38.1. The van der Waals surface area contributed by atoms with Crippen LogP contribution in [0.3, 0.4) is 0 Å². The van der Waals surface area contributed by atoms with Crippen LogP contribution in [0, 0.1) is 11.3 Å². The Morgan fingerprint density at radius 3 is 2.38 bits per heavy atom. The van der Waals surface area contributed by atoms with Crippen molar-refractivity contribution < 1.29 is 22.7 Å². The fourth-order valence-corrected chi connectivity index (χ4v) is 5.04. The summed E-state index contributed by atoms with van der Waals surface area (Å²) in [6.45, 7) is 3.25. The van der Waals surface area contributed by atoms with E-state index in [1.165, 1.54) is 41.7 Å². The van der Waals surface area contributed by atoms with Crippen molar-refractivity contribution in [2.24, 2.45) is 0 Å². The van der Waals surface area contributed by atoms with E-state index in [1.54, 1.807) is 11.0 Å². The lowest BCUT2D eigenvalue weighted by Crippen LogP contribution is -2.50. The van der Waals surface area contributed by atoms with Crippen LogP contribution >= 0.6 is 11.6 Å². The SMILES string of the molecule is CCCOc1c(Cl)cc(C(=O)N2CCN(S(=O)(=O)c3ccc(C#N)cc3)CC2)cc1OC. The Labute approximate surface area is 192 Å². The van der Waals surface area contributed by atoms with Crippen LogP contribution in [0.5, 0.6) is 11.5 Å². The third-order valence-electron chi connectivity index (χ3n) is 5.07. The summed E-state index contributed by atoms with van der Waals surface area (Å²) in [6.07, 6.45) is 0.801. The Hall–Kier alpha value is -2.80. The van der Waals surface area contributed by atoms with Crippen molar-refractivity contribution in [3.05, 3.63) is 52.5 Å². The van der Waals surface area contributed by atoms with Crippen molar-refractivity contribution in [2.45, 2.75) is 18.2 Å². The number of sulfonamides is 1. The van der Waals surface area contributed by atoms with Gasteiger partial charge in [0.15, 0.2) is 11.5 Å². The maximum absolute atomic E-state index is 13.0. The summed E-state index contributed by atoms with van der Waals surface area (Å²) in [5.74, 6) is 0.505. The summed E-state index contributed by atoms with van der Waals surface area (Å²) >= 11 is 6.32. The van der Waals surface area contributed by atoms with Crippen LogP contribution in [-0.2, 0) is 10.0 Å². The number of nitriles is 1. The first-order chi connectivity index (χ1) is 15.3. The molecule has 1 saturated heterocycles. The van der Waals surface area contributed by atoms with Gasteiger partial charge in [0.2, 0.25) is 10.0 Å². The maximum Gasteiger partial charge on any atom is 0.254 e. The zero-order chi connectivity index (χ0) is 23.3. The molecule has 0 N–H and O–H groups in total. The van der Waals surface area contributed by atoms with Crippen molar-refractivity contribution in [3.63, 3.8) is 0 Å². The van der Waals surface area contributed by atoms with E-state index < -0.39 is 10.0 Å². The molecule has 1 fully saturated rings.